The molecule has 0 amide bonds. The van der Waals surface area contributed by atoms with Crippen molar-refractivity contribution in [3.8, 4) is 11.4 Å². The molecule has 2 aromatic heterocycles. The van der Waals surface area contributed by atoms with Gasteiger partial charge in [0.2, 0.25) is 5.13 Å². The molecule has 3 rings (SSSR count). The molecule has 96 valence electrons. The molecule has 0 saturated carbocycles. The van der Waals surface area contributed by atoms with Gasteiger partial charge in [-0.2, -0.15) is 14.5 Å². The maximum absolute atomic E-state index is 4.49. The van der Waals surface area contributed by atoms with E-state index in [9.17, 15) is 0 Å². The summed E-state index contributed by atoms with van der Waals surface area (Å²) in [6.45, 7) is 1.96. The third kappa shape index (κ3) is 2.48. The number of benzene rings is 1. The lowest BCUT2D eigenvalue weighted by Crippen LogP contribution is -1.88. The van der Waals surface area contributed by atoms with Crippen LogP contribution in [0.4, 0.5) is 10.8 Å². The Kier molecular flexibility index (Phi) is 3.00. The number of rotatable bonds is 3. The van der Waals surface area contributed by atoms with Crippen LogP contribution in [0.3, 0.4) is 0 Å². The van der Waals surface area contributed by atoms with E-state index in [1.54, 1.807) is 4.68 Å². The number of nitrogens with one attached hydrogen (secondary N) is 1. The molecule has 0 aliphatic carbocycles. The Morgan fingerprint density at radius 3 is 2.68 bits per heavy atom. The molecule has 0 aliphatic heterocycles. The van der Waals surface area contributed by atoms with Crippen LogP contribution in [0.1, 0.15) is 5.69 Å². The van der Waals surface area contributed by atoms with Crippen molar-refractivity contribution >= 4 is 22.4 Å². The Morgan fingerprint density at radius 1 is 1.21 bits per heavy atom. The van der Waals surface area contributed by atoms with Gasteiger partial charge in [0.05, 0.1) is 11.3 Å². The van der Waals surface area contributed by atoms with Gasteiger partial charge < -0.3 is 5.32 Å². The molecule has 2 heterocycles. The molecule has 5 nitrogen and oxygen atoms in total. The smallest absolute Gasteiger partial charge is 0.207 e. The van der Waals surface area contributed by atoms with Gasteiger partial charge in [0.25, 0.3) is 0 Å². The number of anilines is 2. The molecule has 0 fully saturated rings. The number of hydrogen-bond donors (Lipinski definition) is 1. The van der Waals surface area contributed by atoms with Gasteiger partial charge in [0, 0.05) is 30.5 Å². The number of aryl methyl sites for hydroxylation is 2. The summed E-state index contributed by atoms with van der Waals surface area (Å²) < 4.78 is 6.15. The van der Waals surface area contributed by atoms with Gasteiger partial charge in [-0.15, -0.1) is 0 Å². The molecule has 0 spiro atoms. The summed E-state index contributed by atoms with van der Waals surface area (Å²) in [4.78, 5) is 4.49. The highest BCUT2D eigenvalue weighted by Crippen LogP contribution is 2.25. The fourth-order valence-electron chi connectivity index (χ4n) is 1.85. The Hall–Kier alpha value is -2.21. The highest BCUT2D eigenvalue weighted by molar-refractivity contribution is 7.09. The summed E-state index contributed by atoms with van der Waals surface area (Å²) in [6.07, 6.45) is 1.93. The maximum Gasteiger partial charge on any atom is 0.207 e. The summed E-state index contributed by atoms with van der Waals surface area (Å²) >= 11 is 1.35. The van der Waals surface area contributed by atoms with Gasteiger partial charge >= 0.3 is 0 Å². The van der Waals surface area contributed by atoms with Gasteiger partial charge in [-0.1, -0.05) is 18.2 Å². The van der Waals surface area contributed by atoms with Gasteiger partial charge in [-0.25, -0.2) is 0 Å². The van der Waals surface area contributed by atoms with E-state index in [0.717, 1.165) is 22.1 Å². The number of aromatic nitrogens is 4. The lowest BCUT2D eigenvalue weighted by molar-refractivity contribution is 0.756. The number of nitrogens with zero attached hydrogens (tertiary/aromatic N) is 4. The molecule has 0 saturated heterocycles. The Morgan fingerprint density at radius 2 is 2.00 bits per heavy atom. The minimum Gasteiger partial charge on any atom is -0.330 e. The first-order valence-corrected chi connectivity index (χ1v) is 6.66. The highest BCUT2D eigenvalue weighted by atomic mass is 32.1. The zero-order valence-electron chi connectivity index (χ0n) is 10.7. The van der Waals surface area contributed by atoms with Crippen molar-refractivity contribution in [1.82, 2.24) is 19.1 Å². The lowest BCUT2D eigenvalue weighted by Gasteiger charge is -1.99. The van der Waals surface area contributed by atoms with Crippen LogP contribution in [-0.4, -0.2) is 19.1 Å². The zero-order valence-corrected chi connectivity index (χ0v) is 11.5. The Bertz CT molecular complexity index is 686. The number of hydrogen-bond acceptors (Lipinski definition) is 5. The molecule has 0 radical (unpaired) electrons. The monoisotopic (exact) mass is 271 g/mol. The average Bonchev–Trinajstić information content (AvgIpc) is 2.97. The topological polar surface area (TPSA) is 55.6 Å². The molecule has 1 aromatic carbocycles. The largest absolute Gasteiger partial charge is 0.330 e. The second kappa shape index (κ2) is 4.81. The van der Waals surface area contributed by atoms with E-state index in [2.05, 4.69) is 19.8 Å². The SMILES string of the molecule is Cc1nn(C)cc1-c1nsc(Nc2ccccc2)n1. The molecule has 0 unspecified atom stereocenters. The van der Waals surface area contributed by atoms with Crippen molar-refractivity contribution in [1.29, 1.82) is 0 Å². The Balaban J connectivity index is 1.86. The van der Waals surface area contributed by atoms with Crippen molar-refractivity contribution in [2.45, 2.75) is 6.92 Å². The van der Waals surface area contributed by atoms with Crippen molar-refractivity contribution < 1.29 is 0 Å². The van der Waals surface area contributed by atoms with E-state index in [0.29, 0.717) is 5.82 Å². The number of para-hydroxylation sites is 1. The summed E-state index contributed by atoms with van der Waals surface area (Å²) in [5.74, 6) is 0.717. The first kappa shape index (κ1) is 11.9. The minimum absolute atomic E-state index is 0.717. The molecular formula is C13H13N5S. The molecule has 3 aromatic rings. The van der Waals surface area contributed by atoms with Crippen molar-refractivity contribution in [2.75, 3.05) is 5.32 Å². The Labute approximate surface area is 115 Å². The van der Waals surface area contributed by atoms with E-state index in [1.807, 2.05) is 50.5 Å². The van der Waals surface area contributed by atoms with Crippen LogP contribution < -0.4 is 5.32 Å². The van der Waals surface area contributed by atoms with Crippen LogP contribution in [0.25, 0.3) is 11.4 Å². The molecule has 19 heavy (non-hydrogen) atoms. The average molecular weight is 271 g/mol. The maximum atomic E-state index is 4.49. The van der Waals surface area contributed by atoms with Crippen LogP contribution >= 0.6 is 11.5 Å². The standard InChI is InChI=1S/C13H13N5S/c1-9-11(8-18(2)16-9)12-15-13(19-17-12)14-10-6-4-3-5-7-10/h3-8H,1-2H3,(H,14,15,17). The second-order valence-electron chi connectivity index (χ2n) is 4.22. The fraction of sp³-hybridized carbons (Fsp3) is 0.154. The molecule has 6 heteroatoms. The van der Waals surface area contributed by atoms with E-state index < -0.39 is 0 Å². The first-order valence-electron chi connectivity index (χ1n) is 5.89. The quantitative estimate of drug-likeness (QED) is 0.795. The van der Waals surface area contributed by atoms with Crippen LogP contribution in [0.5, 0.6) is 0 Å². The molecule has 1 N–H and O–H groups in total. The third-order valence-corrected chi connectivity index (χ3v) is 3.34. The fourth-order valence-corrected chi connectivity index (χ4v) is 2.45. The van der Waals surface area contributed by atoms with Crippen LogP contribution in [0.2, 0.25) is 0 Å². The van der Waals surface area contributed by atoms with E-state index in [1.165, 1.54) is 11.5 Å². The normalized spacial score (nSPS) is 10.6. The van der Waals surface area contributed by atoms with Gasteiger partial charge in [-0.3, -0.25) is 4.68 Å². The summed E-state index contributed by atoms with van der Waals surface area (Å²) in [6, 6.07) is 9.94. The third-order valence-electron chi connectivity index (χ3n) is 2.71. The van der Waals surface area contributed by atoms with E-state index in [4.69, 9.17) is 0 Å². The van der Waals surface area contributed by atoms with Crippen molar-refractivity contribution in [3.05, 3.63) is 42.2 Å². The van der Waals surface area contributed by atoms with Crippen LogP contribution in [-0.2, 0) is 7.05 Å². The predicted octanol–water partition coefficient (Wildman–Crippen LogP) is 2.99. The molecule has 0 aliphatic rings. The lowest BCUT2D eigenvalue weighted by atomic mass is 10.2. The van der Waals surface area contributed by atoms with Gasteiger partial charge in [0.15, 0.2) is 5.82 Å². The van der Waals surface area contributed by atoms with Crippen LogP contribution in [0, 0.1) is 6.92 Å². The molecular weight excluding hydrogens is 258 g/mol. The minimum atomic E-state index is 0.717. The van der Waals surface area contributed by atoms with E-state index in [-0.39, 0.29) is 0 Å². The summed E-state index contributed by atoms with van der Waals surface area (Å²) in [5, 5.41) is 8.32. The highest BCUT2D eigenvalue weighted by Gasteiger charge is 2.11. The summed E-state index contributed by atoms with van der Waals surface area (Å²) in [7, 11) is 1.89. The summed E-state index contributed by atoms with van der Waals surface area (Å²) in [5.41, 5.74) is 2.92. The van der Waals surface area contributed by atoms with Gasteiger partial charge in [0.1, 0.15) is 0 Å². The van der Waals surface area contributed by atoms with E-state index >= 15 is 0 Å². The van der Waals surface area contributed by atoms with Crippen LogP contribution in [0.15, 0.2) is 36.5 Å². The molecule has 0 bridgehead atoms. The van der Waals surface area contributed by atoms with Gasteiger partial charge in [-0.05, 0) is 19.1 Å². The zero-order chi connectivity index (χ0) is 13.2. The van der Waals surface area contributed by atoms with Crippen molar-refractivity contribution in [3.63, 3.8) is 0 Å². The second-order valence-corrected chi connectivity index (χ2v) is 4.97. The molecule has 0 atom stereocenters. The predicted molar refractivity (Wildman–Crippen MR) is 76.6 cm³/mol. The van der Waals surface area contributed by atoms with Crippen molar-refractivity contribution in [2.24, 2.45) is 7.05 Å². The first-order chi connectivity index (χ1) is 9.22.